The van der Waals surface area contributed by atoms with Crippen LogP contribution in [0.4, 0.5) is 0 Å². The predicted octanol–water partition coefficient (Wildman–Crippen LogP) is 19.9. The van der Waals surface area contributed by atoms with Crippen molar-refractivity contribution in [2.75, 3.05) is 13.2 Å². The maximum absolute atomic E-state index is 12.8. The highest BCUT2D eigenvalue weighted by Crippen LogP contribution is 2.14. The molecule has 1 unspecified atom stereocenters. The van der Waals surface area contributed by atoms with Gasteiger partial charge >= 0.3 is 17.9 Å². The number of rotatable bonds is 52. The van der Waals surface area contributed by atoms with Gasteiger partial charge in [-0.05, 0) is 109 Å². The molecular formula is C65H108O6. The van der Waals surface area contributed by atoms with Gasteiger partial charge in [0, 0.05) is 12.8 Å². The van der Waals surface area contributed by atoms with E-state index in [-0.39, 0.29) is 31.6 Å². The molecule has 0 heterocycles. The first-order chi connectivity index (χ1) is 35.0. The lowest BCUT2D eigenvalue weighted by atomic mass is 10.1. The molecule has 0 N–H and O–H groups in total. The largest absolute Gasteiger partial charge is 0.462 e. The van der Waals surface area contributed by atoms with Crippen LogP contribution >= 0.6 is 0 Å². The van der Waals surface area contributed by atoms with Crippen LogP contribution in [-0.2, 0) is 28.6 Å². The Kier molecular flexibility index (Phi) is 55.4. The summed E-state index contributed by atoms with van der Waals surface area (Å²) in [6.07, 6.45) is 79.7. The van der Waals surface area contributed by atoms with E-state index in [2.05, 4.69) is 118 Å². The maximum Gasteiger partial charge on any atom is 0.310 e. The number of hydrogen-bond acceptors (Lipinski definition) is 6. The van der Waals surface area contributed by atoms with Crippen LogP contribution in [0.15, 0.2) is 109 Å². The molecule has 0 fully saturated rings. The van der Waals surface area contributed by atoms with Crippen molar-refractivity contribution in [3.05, 3.63) is 109 Å². The zero-order valence-corrected chi connectivity index (χ0v) is 46.2. The molecule has 404 valence electrons. The van der Waals surface area contributed by atoms with Gasteiger partial charge in [-0.2, -0.15) is 0 Å². The molecule has 6 nitrogen and oxygen atoms in total. The van der Waals surface area contributed by atoms with Crippen LogP contribution < -0.4 is 0 Å². The van der Waals surface area contributed by atoms with E-state index in [0.717, 1.165) is 96.3 Å². The third kappa shape index (κ3) is 56.9. The van der Waals surface area contributed by atoms with Crippen LogP contribution in [0.5, 0.6) is 0 Å². The maximum atomic E-state index is 12.8. The van der Waals surface area contributed by atoms with E-state index in [1.807, 2.05) is 6.08 Å². The summed E-state index contributed by atoms with van der Waals surface area (Å²) in [5.41, 5.74) is 0. The summed E-state index contributed by atoms with van der Waals surface area (Å²) >= 11 is 0. The lowest BCUT2D eigenvalue weighted by Crippen LogP contribution is -2.30. The normalized spacial score (nSPS) is 12.9. The monoisotopic (exact) mass is 985 g/mol. The minimum Gasteiger partial charge on any atom is -0.462 e. The van der Waals surface area contributed by atoms with Crippen LogP contribution in [0, 0.1) is 0 Å². The number of carbonyl (C=O) groups excluding carboxylic acids is 3. The first-order valence-electron chi connectivity index (χ1n) is 29.4. The molecule has 0 saturated carbocycles. The average Bonchev–Trinajstić information content (AvgIpc) is 3.37. The van der Waals surface area contributed by atoms with Crippen molar-refractivity contribution in [1.29, 1.82) is 0 Å². The highest BCUT2D eigenvalue weighted by molar-refractivity contribution is 5.72. The van der Waals surface area contributed by atoms with Gasteiger partial charge in [0.1, 0.15) is 13.2 Å². The minimum absolute atomic E-state index is 0.0918. The first kappa shape index (κ1) is 67.1. The fourth-order valence-corrected chi connectivity index (χ4v) is 7.87. The molecule has 0 rings (SSSR count). The zero-order chi connectivity index (χ0) is 51.4. The van der Waals surface area contributed by atoms with E-state index in [4.69, 9.17) is 14.2 Å². The Morgan fingerprint density at radius 2 is 0.592 bits per heavy atom. The number of unbranched alkanes of at least 4 members (excludes halogenated alkanes) is 24. The van der Waals surface area contributed by atoms with Gasteiger partial charge in [-0.1, -0.05) is 246 Å². The SMILES string of the molecule is CC/C=C\C/C=C\C/C=C\C/C=C\C/C=C\CC(=O)OC(COC(=O)CCCCCCC/C=C\CCCCCC)COC(=O)CCCCCCCCCCCC/C=C\C/C=C\C/C=C\CCCCCCC. The van der Waals surface area contributed by atoms with Gasteiger partial charge in [-0.25, -0.2) is 0 Å². The van der Waals surface area contributed by atoms with Crippen molar-refractivity contribution < 1.29 is 28.6 Å². The molecule has 0 bridgehead atoms. The first-order valence-corrected chi connectivity index (χ1v) is 29.4. The third-order valence-corrected chi connectivity index (χ3v) is 12.3. The second-order valence-electron chi connectivity index (χ2n) is 19.2. The summed E-state index contributed by atoms with van der Waals surface area (Å²) in [6, 6.07) is 0. The molecule has 0 aromatic rings. The molecular weight excluding hydrogens is 877 g/mol. The smallest absolute Gasteiger partial charge is 0.310 e. The lowest BCUT2D eigenvalue weighted by molar-refractivity contribution is -0.166. The fourth-order valence-electron chi connectivity index (χ4n) is 7.87. The van der Waals surface area contributed by atoms with Gasteiger partial charge in [0.2, 0.25) is 0 Å². The van der Waals surface area contributed by atoms with Gasteiger partial charge in [0.15, 0.2) is 6.10 Å². The molecule has 71 heavy (non-hydrogen) atoms. The molecule has 0 aliphatic heterocycles. The second-order valence-corrected chi connectivity index (χ2v) is 19.2. The van der Waals surface area contributed by atoms with Crippen LogP contribution in [0.2, 0.25) is 0 Å². The molecule has 6 heteroatoms. The Morgan fingerprint density at radius 1 is 0.310 bits per heavy atom. The van der Waals surface area contributed by atoms with Crippen molar-refractivity contribution in [3.63, 3.8) is 0 Å². The Bertz CT molecular complexity index is 1460. The van der Waals surface area contributed by atoms with Gasteiger partial charge < -0.3 is 14.2 Å². The number of hydrogen-bond donors (Lipinski definition) is 0. The van der Waals surface area contributed by atoms with Crippen LogP contribution in [0.3, 0.4) is 0 Å². The Morgan fingerprint density at radius 3 is 0.958 bits per heavy atom. The standard InChI is InChI=1S/C65H108O6/c1-4-7-10-13-16-19-22-25-27-28-29-30-31-32-33-34-35-36-38-40-43-46-49-52-55-58-64(67)70-61-62(60-69-63(66)57-54-51-48-45-42-39-24-21-18-15-12-9-6-3)71-65(68)59-56-53-50-47-44-41-37-26-23-20-17-14-11-8-5-2/h8,11,17,20-22,24-26,28-29,31-32,37,44,47,53,56,62H,4-7,9-10,12-16,18-19,23,27,30,33-36,38-43,45-46,48-52,54-55,57-61H2,1-3H3/b11-8-,20-17-,24-21-,25-22-,29-28-,32-31-,37-26-,47-44-,56-53-. The van der Waals surface area contributed by atoms with Gasteiger partial charge in [0.25, 0.3) is 0 Å². The average molecular weight is 986 g/mol. The minimum atomic E-state index is -0.839. The van der Waals surface area contributed by atoms with Crippen LogP contribution in [-0.4, -0.2) is 37.2 Å². The van der Waals surface area contributed by atoms with E-state index in [1.165, 1.54) is 128 Å². The van der Waals surface area contributed by atoms with E-state index < -0.39 is 12.1 Å². The highest BCUT2D eigenvalue weighted by Gasteiger charge is 2.19. The summed E-state index contributed by atoms with van der Waals surface area (Å²) in [5.74, 6) is -1.07. The second kappa shape index (κ2) is 58.6. The molecule has 0 aliphatic rings. The Labute approximate surface area is 438 Å². The zero-order valence-electron chi connectivity index (χ0n) is 46.2. The Hall–Kier alpha value is -3.93. The lowest BCUT2D eigenvalue weighted by Gasteiger charge is -2.18. The van der Waals surface area contributed by atoms with E-state index in [1.54, 1.807) is 6.08 Å². The molecule has 0 saturated heterocycles. The molecule has 0 radical (unpaired) electrons. The third-order valence-electron chi connectivity index (χ3n) is 12.3. The fraction of sp³-hybridized carbons (Fsp3) is 0.677. The molecule has 0 aromatic carbocycles. The van der Waals surface area contributed by atoms with E-state index in [0.29, 0.717) is 12.8 Å². The highest BCUT2D eigenvalue weighted by atomic mass is 16.6. The predicted molar refractivity (Wildman–Crippen MR) is 307 cm³/mol. The molecule has 0 amide bonds. The number of esters is 3. The van der Waals surface area contributed by atoms with Crippen molar-refractivity contribution in [2.45, 2.75) is 271 Å². The number of ether oxygens (including phenoxy) is 3. The van der Waals surface area contributed by atoms with Gasteiger partial charge in [-0.3, -0.25) is 14.4 Å². The Balaban J connectivity index is 4.40. The quantitative estimate of drug-likeness (QED) is 0.0261. The van der Waals surface area contributed by atoms with Crippen molar-refractivity contribution >= 4 is 17.9 Å². The molecule has 0 aromatic heterocycles. The van der Waals surface area contributed by atoms with E-state index in [9.17, 15) is 14.4 Å². The topological polar surface area (TPSA) is 78.9 Å². The molecule has 0 spiro atoms. The van der Waals surface area contributed by atoms with Crippen LogP contribution in [0.1, 0.15) is 265 Å². The molecule has 1 atom stereocenters. The summed E-state index contributed by atoms with van der Waals surface area (Å²) < 4.78 is 16.7. The molecule has 0 aliphatic carbocycles. The van der Waals surface area contributed by atoms with Crippen molar-refractivity contribution in [1.82, 2.24) is 0 Å². The van der Waals surface area contributed by atoms with Gasteiger partial charge in [0.05, 0.1) is 6.42 Å². The van der Waals surface area contributed by atoms with E-state index >= 15 is 0 Å². The summed E-state index contributed by atoms with van der Waals surface area (Å²) in [4.78, 5) is 38.1. The van der Waals surface area contributed by atoms with Crippen molar-refractivity contribution in [2.24, 2.45) is 0 Å². The van der Waals surface area contributed by atoms with Gasteiger partial charge in [-0.15, -0.1) is 0 Å². The summed E-state index contributed by atoms with van der Waals surface area (Å²) in [6.45, 7) is 6.41. The van der Waals surface area contributed by atoms with Crippen LogP contribution in [0.25, 0.3) is 0 Å². The number of allylic oxidation sites excluding steroid dienone is 17. The summed E-state index contributed by atoms with van der Waals surface area (Å²) in [7, 11) is 0. The number of carbonyl (C=O) groups is 3. The van der Waals surface area contributed by atoms with Crippen molar-refractivity contribution in [3.8, 4) is 0 Å². The summed E-state index contributed by atoms with van der Waals surface area (Å²) in [5, 5.41) is 0.